The molecule has 1 aromatic carbocycles. The third-order valence-electron chi connectivity index (χ3n) is 3.48. The van der Waals surface area contributed by atoms with E-state index in [9.17, 15) is 17.6 Å². The van der Waals surface area contributed by atoms with Crippen molar-refractivity contribution in [2.75, 3.05) is 13.1 Å². The largest absolute Gasteiger partial charge is 0.481 e. The smallest absolute Gasteiger partial charge is 0.310 e. The van der Waals surface area contributed by atoms with Crippen LogP contribution in [0, 0.1) is 11.2 Å². The van der Waals surface area contributed by atoms with Crippen LogP contribution in [0.5, 0.6) is 0 Å². The lowest BCUT2D eigenvalue weighted by atomic mass is 9.90. The predicted octanol–water partition coefficient (Wildman–Crippen LogP) is 2.07. The number of sulfonamides is 1. The average Bonchev–Trinajstić information content (AvgIpc) is 2.77. The molecule has 1 heterocycles. The summed E-state index contributed by atoms with van der Waals surface area (Å²) in [6.07, 6.45) is 0.237. The molecule has 20 heavy (non-hydrogen) atoms. The molecule has 2 rings (SSSR count). The Labute approximate surface area is 124 Å². The third kappa shape index (κ3) is 2.59. The van der Waals surface area contributed by atoms with Gasteiger partial charge in [0.15, 0.2) is 0 Å². The number of hydrogen-bond acceptors (Lipinski definition) is 3. The van der Waals surface area contributed by atoms with Crippen LogP contribution in [-0.2, 0) is 14.8 Å². The molecule has 1 unspecified atom stereocenters. The van der Waals surface area contributed by atoms with Crippen LogP contribution in [0.2, 0.25) is 0 Å². The molecule has 0 radical (unpaired) electrons. The first-order chi connectivity index (χ1) is 9.17. The van der Waals surface area contributed by atoms with Crippen LogP contribution >= 0.6 is 15.9 Å². The van der Waals surface area contributed by atoms with E-state index >= 15 is 0 Å². The van der Waals surface area contributed by atoms with Crippen LogP contribution in [0.4, 0.5) is 4.39 Å². The highest BCUT2D eigenvalue weighted by atomic mass is 79.9. The minimum atomic E-state index is -3.87. The van der Waals surface area contributed by atoms with Gasteiger partial charge >= 0.3 is 5.97 Å². The van der Waals surface area contributed by atoms with Crippen LogP contribution in [0.1, 0.15) is 13.3 Å². The van der Waals surface area contributed by atoms with Crippen molar-refractivity contribution in [3.05, 3.63) is 28.5 Å². The molecule has 1 N–H and O–H groups in total. The molecule has 1 aliphatic heterocycles. The summed E-state index contributed by atoms with van der Waals surface area (Å²) < 4.78 is 39.4. The summed E-state index contributed by atoms with van der Waals surface area (Å²) in [5.74, 6) is -1.71. The Morgan fingerprint density at radius 1 is 1.50 bits per heavy atom. The van der Waals surface area contributed by atoms with Crippen molar-refractivity contribution >= 4 is 31.9 Å². The molecule has 1 aromatic rings. The fourth-order valence-electron chi connectivity index (χ4n) is 2.08. The highest BCUT2D eigenvalue weighted by Gasteiger charge is 2.44. The Balaban J connectivity index is 2.33. The number of rotatable bonds is 3. The topological polar surface area (TPSA) is 74.7 Å². The number of carbonyl (C=O) groups is 1. The summed E-state index contributed by atoms with van der Waals surface area (Å²) in [5, 5.41) is 9.12. The van der Waals surface area contributed by atoms with Crippen LogP contribution in [0.15, 0.2) is 27.6 Å². The summed E-state index contributed by atoms with van der Waals surface area (Å²) in [6.45, 7) is 1.51. The molecule has 0 amide bonds. The lowest BCUT2D eigenvalue weighted by Gasteiger charge is -2.20. The lowest BCUT2D eigenvalue weighted by Crippen LogP contribution is -2.34. The number of benzene rings is 1. The van der Waals surface area contributed by atoms with Crippen LogP contribution < -0.4 is 0 Å². The van der Waals surface area contributed by atoms with Gasteiger partial charge in [-0.25, -0.2) is 12.8 Å². The Kier molecular flexibility index (Phi) is 3.92. The third-order valence-corrected chi connectivity index (χ3v) is 5.97. The number of hydrogen-bond donors (Lipinski definition) is 1. The van der Waals surface area contributed by atoms with Crippen LogP contribution in [0.25, 0.3) is 0 Å². The van der Waals surface area contributed by atoms with E-state index in [-0.39, 0.29) is 28.9 Å². The predicted molar refractivity (Wildman–Crippen MR) is 73.2 cm³/mol. The minimum absolute atomic E-state index is 0.109. The van der Waals surface area contributed by atoms with Gasteiger partial charge in [0, 0.05) is 13.1 Å². The number of carboxylic acid groups (broad SMARTS) is 1. The second-order valence-corrected chi connectivity index (χ2v) is 7.82. The second kappa shape index (κ2) is 5.09. The van der Waals surface area contributed by atoms with E-state index in [0.717, 1.165) is 10.4 Å². The van der Waals surface area contributed by atoms with Gasteiger partial charge in [-0.1, -0.05) is 0 Å². The summed E-state index contributed by atoms with van der Waals surface area (Å²) in [5.41, 5.74) is -1.10. The molecular formula is C12H13BrFNO4S. The number of carboxylic acids is 1. The van der Waals surface area contributed by atoms with E-state index in [2.05, 4.69) is 15.9 Å². The maximum absolute atomic E-state index is 13.5. The number of aliphatic carboxylic acids is 1. The first-order valence-electron chi connectivity index (χ1n) is 5.85. The molecule has 110 valence electrons. The summed E-state index contributed by atoms with van der Waals surface area (Å²) >= 11 is 2.96. The minimum Gasteiger partial charge on any atom is -0.481 e. The zero-order chi connectivity index (χ0) is 15.1. The van der Waals surface area contributed by atoms with Crippen molar-refractivity contribution < 1.29 is 22.7 Å². The quantitative estimate of drug-likeness (QED) is 0.889. The average molecular weight is 366 g/mol. The van der Waals surface area contributed by atoms with E-state index in [1.54, 1.807) is 0 Å². The van der Waals surface area contributed by atoms with Gasteiger partial charge in [0.2, 0.25) is 10.0 Å². The van der Waals surface area contributed by atoms with Crippen molar-refractivity contribution in [2.45, 2.75) is 18.2 Å². The van der Waals surface area contributed by atoms with Gasteiger partial charge in [-0.05, 0) is 47.5 Å². The van der Waals surface area contributed by atoms with Crippen molar-refractivity contribution in [1.82, 2.24) is 4.31 Å². The molecule has 1 saturated heterocycles. The zero-order valence-electron chi connectivity index (χ0n) is 10.6. The maximum Gasteiger partial charge on any atom is 0.310 e. The van der Waals surface area contributed by atoms with Crippen LogP contribution in [-0.4, -0.2) is 36.9 Å². The molecule has 1 fully saturated rings. The first-order valence-corrected chi connectivity index (χ1v) is 8.09. The van der Waals surface area contributed by atoms with Crippen molar-refractivity contribution in [3.8, 4) is 0 Å². The molecule has 0 aliphatic carbocycles. The van der Waals surface area contributed by atoms with Gasteiger partial charge in [-0.15, -0.1) is 0 Å². The van der Waals surface area contributed by atoms with Gasteiger partial charge in [0.1, 0.15) is 5.82 Å². The maximum atomic E-state index is 13.5. The summed E-state index contributed by atoms with van der Waals surface area (Å²) in [7, 11) is -3.87. The summed E-state index contributed by atoms with van der Waals surface area (Å²) in [4.78, 5) is 11.0. The number of nitrogens with zero attached hydrogens (tertiary/aromatic N) is 1. The molecule has 1 aliphatic rings. The van der Waals surface area contributed by atoms with Gasteiger partial charge in [-0.3, -0.25) is 4.79 Å². The molecule has 0 spiro atoms. The van der Waals surface area contributed by atoms with Gasteiger partial charge in [0.25, 0.3) is 0 Å². The Hall–Kier alpha value is -0.990. The van der Waals surface area contributed by atoms with E-state index in [1.807, 2.05) is 0 Å². The van der Waals surface area contributed by atoms with E-state index in [0.29, 0.717) is 0 Å². The second-order valence-electron chi connectivity index (χ2n) is 5.03. The van der Waals surface area contributed by atoms with Crippen molar-refractivity contribution in [3.63, 3.8) is 0 Å². The highest BCUT2D eigenvalue weighted by Crippen LogP contribution is 2.34. The zero-order valence-corrected chi connectivity index (χ0v) is 13.0. The molecule has 0 saturated carbocycles. The molecule has 5 nitrogen and oxygen atoms in total. The van der Waals surface area contributed by atoms with Gasteiger partial charge in [0.05, 0.1) is 14.8 Å². The standard InChI is InChI=1S/C12H13BrFNO4S/c1-12(11(16)17)4-5-15(7-12)20(18,19)8-2-3-9(13)10(14)6-8/h2-3,6H,4-5,7H2,1H3,(H,16,17). The number of halogens is 2. The molecule has 0 aromatic heterocycles. The molecular weight excluding hydrogens is 353 g/mol. The monoisotopic (exact) mass is 365 g/mol. The highest BCUT2D eigenvalue weighted by molar-refractivity contribution is 9.10. The van der Waals surface area contributed by atoms with E-state index in [1.165, 1.54) is 19.1 Å². The molecule has 1 atom stereocenters. The van der Waals surface area contributed by atoms with E-state index in [4.69, 9.17) is 5.11 Å². The Morgan fingerprint density at radius 2 is 2.15 bits per heavy atom. The van der Waals surface area contributed by atoms with Crippen molar-refractivity contribution in [2.24, 2.45) is 5.41 Å². The van der Waals surface area contributed by atoms with Crippen LogP contribution in [0.3, 0.4) is 0 Å². The Morgan fingerprint density at radius 3 is 2.65 bits per heavy atom. The fraction of sp³-hybridized carbons (Fsp3) is 0.417. The fourth-order valence-corrected chi connectivity index (χ4v) is 3.91. The first kappa shape index (κ1) is 15.4. The SMILES string of the molecule is CC1(C(=O)O)CCN(S(=O)(=O)c2ccc(Br)c(F)c2)C1. The normalized spacial score (nSPS) is 23.9. The Bertz CT molecular complexity index is 663. The van der Waals surface area contributed by atoms with Gasteiger partial charge < -0.3 is 5.11 Å². The molecule has 0 bridgehead atoms. The van der Waals surface area contributed by atoms with E-state index < -0.39 is 27.2 Å². The molecule has 8 heteroatoms. The lowest BCUT2D eigenvalue weighted by molar-refractivity contribution is -0.146. The summed E-state index contributed by atoms with van der Waals surface area (Å²) in [6, 6.07) is 3.53. The van der Waals surface area contributed by atoms with Gasteiger partial charge in [-0.2, -0.15) is 4.31 Å². The van der Waals surface area contributed by atoms with Crippen molar-refractivity contribution in [1.29, 1.82) is 0 Å².